The Bertz CT molecular complexity index is 566. The zero-order valence-electron chi connectivity index (χ0n) is 10.5. The van der Waals surface area contributed by atoms with Crippen LogP contribution < -0.4 is 16.0 Å². The summed E-state index contributed by atoms with van der Waals surface area (Å²) in [6.45, 7) is 0. The molecule has 7 heteroatoms. The molecule has 1 aromatic carbocycles. The summed E-state index contributed by atoms with van der Waals surface area (Å²) < 4.78 is 8.80. The van der Waals surface area contributed by atoms with Crippen LogP contribution in [0.1, 0.15) is 17.3 Å². The molecule has 3 N–H and O–H groups in total. The lowest BCUT2D eigenvalue weighted by molar-refractivity contribution is 0.411. The fourth-order valence-electron chi connectivity index (χ4n) is 1.94. The summed E-state index contributed by atoms with van der Waals surface area (Å²) in [7, 11) is 3.51. The Hall–Kier alpha value is -0.890. The molecule has 2 aromatic rings. The SMILES string of the molecule is COc1ccc(C(NN)c2c(Br)cnn2C)cc1Br. The molecule has 1 atom stereocenters. The van der Waals surface area contributed by atoms with Crippen LogP contribution in [0.15, 0.2) is 33.3 Å². The predicted molar refractivity (Wildman–Crippen MR) is 80.8 cm³/mol. The zero-order valence-corrected chi connectivity index (χ0v) is 13.7. The van der Waals surface area contributed by atoms with Crippen molar-refractivity contribution in [3.8, 4) is 5.75 Å². The molecule has 0 amide bonds. The lowest BCUT2D eigenvalue weighted by Crippen LogP contribution is -2.30. The van der Waals surface area contributed by atoms with Crippen LogP contribution in [-0.2, 0) is 7.05 Å². The molecule has 1 heterocycles. The van der Waals surface area contributed by atoms with E-state index < -0.39 is 0 Å². The molecule has 2 rings (SSSR count). The van der Waals surface area contributed by atoms with Gasteiger partial charge in [-0.15, -0.1) is 0 Å². The number of rotatable bonds is 4. The van der Waals surface area contributed by atoms with Crippen molar-refractivity contribution in [2.24, 2.45) is 12.9 Å². The first-order valence-electron chi connectivity index (χ1n) is 5.55. The highest BCUT2D eigenvalue weighted by molar-refractivity contribution is 9.10. The number of halogens is 2. The Kier molecular flexibility index (Phi) is 4.62. The average molecular weight is 390 g/mol. The van der Waals surface area contributed by atoms with Crippen molar-refractivity contribution in [2.75, 3.05) is 7.11 Å². The number of hydrazine groups is 1. The molecular weight excluding hydrogens is 376 g/mol. The highest BCUT2D eigenvalue weighted by Gasteiger charge is 2.20. The number of nitrogens with two attached hydrogens (primary N) is 1. The van der Waals surface area contributed by atoms with Crippen molar-refractivity contribution in [2.45, 2.75) is 6.04 Å². The lowest BCUT2D eigenvalue weighted by atomic mass is 10.0. The molecule has 0 saturated heterocycles. The monoisotopic (exact) mass is 388 g/mol. The van der Waals surface area contributed by atoms with Crippen molar-refractivity contribution in [3.05, 3.63) is 44.6 Å². The van der Waals surface area contributed by atoms with E-state index in [4.69, 9.17) is 10.6 Å². The molecule has 0 aliphatic heterocycles. The summed E-state index contributed by atoms with van der Waals surface area (Å²) in [5, 5.41) is 4.20. The van der Waals surface area contributed by atoms with Gasteiger partial charge in [-0.25, -0.2) is 5.43 Å². The average Bonchev–Trinajstić information content (AvgIpc) is 2.72. The van der Waals surface area contributed by atoms with Crippen LogP contribution >= 0.6 is 31.9 Å². The minimum absolute atomic E-state index is 0.163. The maximum absolute atomic E-state index is 5.70. The Labute approximate surface area is 128 Å². The first kappa shape index (κ1) is 14.5. The van der Waals surface area contributed by atoms with Crippen LogP contribution in [0, 0.1) is 0 Å². The quantitative estimate of drug-likeness (QED) is 0.622. The second-order valence-electron chi connectivity index (χ2n) is 4.00. The number of nitrogens with one attached hydrogen (secondary N) is 1. The molecule has 0 spiro atoms. The zero-order chi connectivity index (χ0) is 14.0. The molecule has 19 heavy (non-hydrogen) atoms. The van der Waals surface area contributed by atoms with E-state index in [0.29, 0.717) is 0 Å². The maximum Gasteiger partial charge on any atom is 0.133 e. The van der Waals surface area contributed by atoms with E-state index in [2.05, 4.69) is 42.4 Å². The Morgan fingerprint density at radius 1 is 1.37 bits per heavy atom. The predicted octanol–water partition coefficient (Wildman–Crippen LogP) is 2.51. The highest BCUT2D eigenvalue weighted by atomic mass is 79.9. The number of benzene rings is 1. The van der Waals surface area contributed by atoms with E-state index in [1.165, 1.54) is 0 Å². The van der Waals surface area contributed by atoms with Gasteiger partial charge in [0.1, 0.15) is 5.75 Å². The van der Waals surface area contributed by atoms with Gasteiger partial charge in [0.2, 0.25) is 0 Å². The minimum Gasteiger partial charge on any atom is -0.496 e. The fourth-order valence-corrected chi connectivity index (χ4v) is 3.08. The number of methoxy groups -OCH3 is 1. The molecule has 102 valence electrons. The molecular formula is C12H14Br2N4O. The molecule has 0 radical (unpaired) electrons. The van der Waals surface area contributed by atoms with E-state index in [1.54, 1.807) is 18.0 Å². The third kappa shape index (κ3) is 2.84. The molecule has 0 bridgehead atoms. The molecule has 1 aromatic heterocycles. The number of ether oxygens (including phenoxy) is 1. The van der Waals surface area contributed by atoms with E-state index >= 15 is 0 Å². The number of hydrogen-bond acceptors (Lipinski definition) is 4. The fraction of sp³-hybridized carbons (Fsp3) is 0.250. The van der Waals surface area contributed by atoms with Gasteiger partial charge in [-0.1, -0.05) is 6.07 Å². The molecule has 0 aliphatic rings. The second-order valence-corrected chi connectivity index (χ2v) is 5.70. The van der Waals surface area contributed by atoms with Gasteiger partial charge in [0, 0.05) is 7.05 Å². The van der Waals surface area contributed by atoms with Crippen LogP contribution in [0.4, 0.5) is 0 Å². The van der Waals surface area contributed by atoms with E-state index in [-0.39, 0.29) is 6.04 Å². The normalized spacial score (nSPS) is 12.5. The Morgan fingerprint density at radius 3 is 2.58 bits per heavy atom. The van der Waals surface area contributed by atoms with Crippen LogP contribution in [0.3, 0.4) is 0 Å². The summed E-state index contributed by atoms with van der Waals surface area (Å²) in [6.07, 6.45) is 1.75. The number of nitrogens with zero attached hydrogens (tertiary/aromatic N) is 2. The third-order valence-electron chi connectivity index (χ3n) is 2.89. The largest absolute Gasteiger partial charge is 0.496 e. The summed E-state index contributed by atoms with van der Waals surface area (Å²) in [5.41, 5.74) is 4.79. The van der Waals surface area contributed by atoms with Crippen molar-refractivity contribution in [1.29, 1.82) is 0 Å². The number of aromatic nitrogens is 2. The van der Waals surface area contributed by atoms with Crippen molar-refractivity contribution in [1.82, 2.24) is 15.2 Å². The Morgan fingerprint density at radius 2 is 2.11 bits per heavy atom. The van der Waals surface area contributed by atoms with Crippen LogP contribution in [0.5, 0.6) is 5.75 Å². The summed E-state index contributed by atoms with van der Waals surface area (Å²) in [4.78, 5) is 0. The van der Waals surface area contributed by atoms with Crippen LogP contribution in [0.25, 0.3) is 0 Å². The molecule has 5 nitrogen and oxygen atoms in total. The smallest absolute Gasteiger partial charge is 0.133 e. The summed E-state index contributed by atoms with van der Waals surface area (Å²) >= 11 is 6.96. The van der Waals surface area contributed by atoms with Crippen molar-refractivity contribution >= 4 is 31.9 Å². The number of aryl methyl sites for hydroxylation is 1. The van der Waals surface area contributed by atoms with Gasteiger partial charge in [-0.2, -0.15) is 5.10 Å². The second kappa shape index (κ2) is 6.04. The Balaban J connectivity index is 2.46. The standard InChI is InChI=1S/C12H14Br2N4O/c1-18-12(9(14)6-16-18)11(17-15)7-3-4-10(19-2)8(13)5-7/h3-6,11,17H,15H2,1-2H3. The molecule has 1 unspecified atom stereocenters. The first-order valence-corrected chi connectivity index (χ1v) is 7.14. The van der Waals surface area contributed by atoms with E-state index in [0.717, 1.165) is 26.0 Å². The van der Waals surface area contributed by atoms with Crippen LogP contribution in [-0.4, -0.2) is 16.9 Å². The summed E-state index contributed by atoms with van der Waals surface area (Å²) in [5.74, 6) is 6.48. The van der Waals surface area contributed by atoms with E-state index in [9.17, 15) is 0 Å². The molecule has 0 fully saturated rings. The van der Waals surface area contributed by atoms with Gasteiger partial charge >= 0.3 is 0 Å². The topological polar surface area (TPSA) is 65.1 Å². The van der Waals surface area contributed by atoms with Gasteiger partial charge < -0.3 is 4.74 Å². The first-order chi connectivity index (χ1) is 9.08. The maximum atomic E-state index is 5.70. The number of hydrogen-bond donors (Lipinski definition) is 2. The van der Waals surface area contributed by atoms with Gasteiger partial charge in [-0.05, 0) is 49.6 Å². The van der Waals surface area contributed by atoms with Gasteiger partial charge in [0.15, 0.2) is 0 Å². The molecule has 0 aliphatic carbocycles. The third-order valence-corrected chi connectivity index (χ3v) is 4.12. The van der Waals surface area contributed by atoms with Gasteiger partial charge in [-0.3, -0.25) is 10.5 Å². The minimum atomic E-state index is -0.163. The van der Waals surface area contributed by atoms with Crippen molar-refractivity contribution < 1.29 is 4.74 Å². The molecule has 0 saturated carbocycles. The van der Waals surface area contributed by atoms with Crippen molar-refractivity contribution in [3.63, 3.8) is 0 Å². The lowest BCUT2D eigenvalue weighted by Gasteiger charge is -2.18. The van der Waals surface area contributed by atoms with E-state index in [1.807, 2.05) is 25.2 Å². The van der Waals surface area contributed by atoms with Crippen LogP contribution in [0.2, 0.25) is 0 Å². The van der Waals surface area contributed by atoms with Gasteiger partial charge in [0.25, 0.3) is 0 Å². The van der Waals surface area contributed by atoms with Gasteiger partial charge in [0.05, 0.1) is 34.0 Å². The highest BCUT2D eigenvalue weighted by Crippen LogP contribution is 2.32. The summed E-state index contributed by atoms with van der Waals surface area (Å²) in [6, 6.07) is 5.67.